The Morgan fingerprint density at radius 3 is 2.59 bits per heavy atom. The number of fused-ring (bicyclic) bond motifs is 1. The van der Waals surface area contributed by atoms with E-state index in [-0.39, 0.29) is 19.1 Å². The van der Waals surface area contributed by atoms with Gasteiger partial charge in [0.25, 0.3) is 5.91 Å². The quantitative estimate of drug-likeness (QED) is 0.680. The molecule has 27 heavy (non-hydrogen) atoms. The molecule has 0 aliphatic rings. The van der Waals surface area contributed by atoms with E-state index in [0.717, 1.165) is 10.9 Å². The van der Waals surface area contributed by atoms with Crippen LogP contribution >= 0.6 is 11.6 Å². The van der Waals surface area contributed by atoms with Crippen LogP contribution in [-0.2, 0) is 4.74 Å². The van der Waals surface area contributed by atoms with Gasteiger partial charge in [0.2, 0.25) is 0 Å². The fraction of sp³-hybridized carbons (Fsp3) is 0.238. The second kappa shape index (κ2) is 8.05. The predicted octanol–water partition coefficient (Wildman–Crippen LogP) is 3.68. The molecule has 0 saturated carbocycles. The Kier molecular flexibility index (Phi) is 5.75. The molecule has 5 nitrogen and oxygen atoms in total. The first-order valence-electron chi connectivity index (χ1n) is 8.54. The van der Waals surface area contributed by atoms with Gasteiger partial charge in [-0.25, -0.2) is 4.98 Å². The summed E-state index contributed by atoms with van der Waals surface area (Å²) in [7, 11) is 1.53. The average Bonchev–Trinajstić information content (AvgIpc) is 2.67. The molecular formula is C21H21ClN2O3. The summed E-state index contributed by atoms with van der Waals surface area (Å²) in [4.78, 5) is 17.7. The van der Waals surface area contributed by atoms with Crippen LogP contribution in [0.5, 0.6) is 0 Å². The summed E-state index contributed by atoms with van der Waals surface area (Å²) in [6.45, 7) is 1.69. The average molecular weight is 385 g/mol. The topological polar surface area (TPSA) is 71.5 Å². The summed E-state index contributed by atoms with van der Waals surface area (Å²) in [5, 5.41) is 13.9. The molecule has 3 aromatic rings. The lowest BCUT2D eigenvalue weighted by Gasteiger charge is -2.28. The molecule has 3 rings (SSSR count). The first kappa shape index (κ1) is 19.3. The van der Waals surface area contributed by atoms with Crippen molar-refractivity contribution in [2.45, 2.75) is 12.5 Å². The number of carbonyl (C=O) groups excluding carboxylic acids is 1. The van der Waals surface area contributed by atoms with Gasteiger partial charge in [-0.05, 0) is 31.2 Å². The molecule has 140 valence electrons. The largest absolute Gasteiger partial charge is 0.394 e. The minimum absolute atomic E-state index is 0.197. The molecule has 1 heterocycles. The van der Waals surface area contributed by atoms with Crippen LogP contribution in [0.2, 0.25) is 5.02 Å². The van der Waals surface area contributed by atoms with E-state index in [9.17, 15) is 9.90 Å². The van der Waals surface area contributed by atoms with Crippen molar-refractivity contribution in [1.29, 1.82) is 0 Å². The van der Waals surface area contributed by atoms with Crippen molar-refractivity contribution < 1.29 is 14.6 Å². The SMILES string of the molecule is COCC(C)(CO)NC(=O)c1cc(-c2ccc(Cl)cc2)nc2ccccc12. The van der Waals surface area contributed by atoms with Crippen molar-refractivity contribution in [1.82, 2.24) is 10.3 Å². The lowest BCUT2D eigenvalue weighted by molar-refractivity contribution is 0.0598. The number of aliphatic hydroxyl groups excluding tert-OH is 1. The Morgan fingerprint density at radius 2 is 1.93 bits per heavy atom. The van der Waals surface area contributed by atoms with Crippen molar-refractivity contribution in [3.8, 4) is 11.3 Å². The number of para-hydroxylation sites is 1. The van der Waals surface area contributed by atoms with Gasteiger partial charge in [0.1, 0.15) is 0 Å². The van der Waals surface area contributed by atoms with Gasteiger partial charge >= 0.3 is 0 Å². The number of nitrogens with zero attached hydrogens (tertiary/aromatic N) is 1. The van der Waals surface area contributed by atoms with Crippen LogP contribution in [-0.4, -0.2) is 41.9 Å². The summed E-state index contributed by atoms with van der Waals surface area (Å²) in [5.74, 6) is -0.294. The van der Waals surface area contributed by atoms with E-state index in [1.165, 1.54) is 7.11 Å². The summed E-state index contributed by atoms with van der Waals surface area (Å²) in [5.41, 5.74) is 1.86. The van der Waals surface area contributed by atoms with E-state index in [0.29, 0.717) is 21.8 Å². The molecule has 2 aromatic carbocycles. The van der Waals surface area contributed by atoms with Crippen molar-refractivity contribution in [2.24, 2.45) is 0 Å². The number of nitrogens with one attached hydrogen (secondary N) is 1. The van der Waals surface area contributed by atoms with E-state index >= 15 is 0 Å². The molecule has 1 aromatic heterocycles. The van der Waals surface area contributed by atoms with Crippen LogP contribution in [0.4, 0.5) is 0 Å². The Bertz CT molecular complexity index is 959. The maximum atomic E-state index is 13.0. The highest BCUT2D eigenvalue weighted by Crippen LogP contribution is 2.26. The number of pyridine rings is 1. The second-order valence-corrected chi connectivity index (χ2v) is 7.12. The summed E-state index contributed by atoms with van der Waals surface area (Å²) >= 11 is 5.97. The van der Waals surface area contributed by atoms with Gasteiger partial charge in [0, 0.05) is 23.1 Å². The second-order valence-electron chi connectivity index (χ2n) is 6.69. The van der Waals surface area contributed by atoms with Crippen molar-refractivity contribution in [3.63, 3.8) is 0 Å². The fourth-order valence-electron chi connectivity index (χ4n) is 2.91. The van der Waals surface area contributed by atoms with Crippen LogP contribution in [0, 0.1) is 0 Å². The molecule has 0 aliphatic carbocycles. The molecule has 0 bridgehead atoms. The number of benzene rings is 2. The third kappa shape index (κ3) is 4.27. The van der Waals surface area contributed by atoms with Gasteiger partial charge in [-0.1, -0.05) is 41.9 Å². The van der Waals surface area contributed by atoms with Gasteiger partial charge < -0.3 is 15.2 Å². The first-order chi connectivity index (χ1) is 13.0. The summed E-state index contributed by atoms with van der Waals surface area (Å²) in [6, 6.07) is 16.5. The van der Waals surface area contributed by atoms with Gasteiger partial charge in [0.15, 0.2) is 0 Å². The number of ether oxygens (including phenoxy) is 1. The molecule has 1 amide bonds. The van der Waals surface area contributed by atoms with Gasteiger partial charge in [-0.2, -0.15) is 0 Å². The van der Waals surface area contributed by atoms with Crippen LogP contribution in [0.15, 0.2) is 54.6 Å². The van der Waals surface area contributed by atoms with E-state index in [1.54, 1.807) is 25.1 Å². The van der Waals surface area contributed by atoms with Crippen molar-refractivity contribution >= 4 is 28.4 Å². The Balaban J connectivity index is 2.08. The summed E-state index contributed by atoms with van der Waals surface area (Å²) in [6.07, 6.45) is 0. The maximum Gasteiger partial charge on any atom is 0.252 e. The first-order valence-corrected chi connectivity index (χ1v) is 8.91. The lowest BCUT2D eigenvalue weighted by Crippen LogP contribution is -2.52. The number of rotatable bonds is 6. The maximum absolute atomic E-state index is 13.0. The molecule has 0 aliphatic heterocycles. The monoisotopic (exact) mass is 384 g/mol. The lowest BCUT2D eigenvalue weighted by atomic mass is 10.0. The number of methoxy groups -OCH3 is 1. The van der Waals surface area contributed by atoms with Gasteiger partial charge in [0.05, 0.1) is 35.5 Å². The number of halogens is 1. The van der Waals surface area contributed by atoms with Gasteiger partial charge in [-0.3, -0.25) is 4.79 Å². The van der Waals surface area contributed by atoms with Crippen molar-refractivity contribution in [2.75, 3.05) is 20.3 Å². The molecule has 1 atom stereocenters. The molecule has 6 heteroatoms. The smallest absolute Gasteiger partial charge is 0.252 e. The molecule has 0 saturated heterocycles. The number of aromatic nitrogens is 1. The molecule has 2 N–H and O–H groups in total. The van der Waals surface area contributed by atoms with E-state index < -0.39 is 5.54 Å². The van der Waals surface area contributed by atoms with Crippen LogP contribution in [0.25, 0.3) is 22.2 Å². The third-order valence-electron chi connectivity index (χ3n) is 4.33. The van der Waals surface area contributed by atoms with Crippen molar-refractivity contribution in [3.05, 3.63) is 65.2 Å². The predicted molar refractivity (Wildman–Crippen MR) is 107 cm³/mol. The van der Waals surface area contributed by atoms with Crippen LogP contribution < -0.4 is 5.32 Å². The van der Waals surface area contributed by atoms with E-state index in [2.05, 4.69) is 10.3 Å². The number of aliphatic hydroxyl groups is 1. The normalized spacial score (nSPS) is 13.3. The Hall–Kier alpha value is -2.47. The minimum atomic E-state index is -0.878. The zero-order valence-corrected chi connectivity index (χ0v) is 16.0. The molecular weight excluding hydrogens is 364 g/mol. The van der Waals surface area contributed by atoms with Gasteiger partial charge in [-0.15, -0.1) is 0 Å². The molecule has 0 radical (unpaired) electrons. The fourth-order valence-corrected chi connectivity index (χ4v) is 3.04. The summed E-state index contributed by atoms with van der Waals surface area (Å²) < 4.78 is 5.13. The highest BCUT2D eigenvalue weighted by molar-refractivity contribution is 6.30. The number of amides is 1. The van der Waals surface area contributed by atoms with E-state index in [1.807, 2.05) is 36.4 Å². The van der Waals surface area contributed by atoms with Crippen LogP contribution in [0.1, 0.15) is 17.3 Å². The Labute approximate surface area is 163 Å². The Morgan fingerprint density at radius 1 is 1.22 bits per heavy atom. The number of carbonyl (C=O) groups is 1. The third-order valence-corrected chi connectivity index (χ3v) is 4.58. The zero-order chi connectivity index (χ0) is 19.4. The zero-order valence-electron chi connectivity index (χ0n) is 15.2. The van der Waals surface area contributed by atoms with E-state index in [4.69, 9.17) is 16.3 Å². The molecule has 1 unspecified atom stereocenters. The standard InChI is InChI=1S/C21H21ClN2O3/c1-21(12-25,13-27-2)24-20(26)17-11-19(14-7-9-15(22)10-8-14)23-18-6-4-3-5-16(17)18/h3-11,25H,12-13H2,1-2H3,(H,24,26). The number of hydrogen-bond acceptors (Lipinski definition) is 4. The van der Waals surface area contributed by atoms with Crippen LogP contribution in [0.3, 0.4) is 0 Å². The number of hydrogen-bond donors (Lipinski definition) is 2. The molecule has 0 spiro atoms. The minimum Gasteiger partial charge on any atom is -0.394 e. The highest BCUT2D eigenvalue weighted by atomic mass is 35.5. The highest BCUT2D eigenvalue weighted by Gasteiger charge is 2.27. The molecule has 0 fully saturated rings.